The van der Waals surface area contributed by atoms with Gasteiger partial charge in [0.05, 0.1) is 16.1 Å². The third kappa shape index (κ3) is 1.59. The van der Waals surface area contributed by atoms with E-state index in [1.165, 1.54) is 0 Å². The Balaban J connectivity index is 2.22. The number of nitrogens with zero attached hydrogens (tertiary/aromatic N) is 2. The molecule has 0 saturated heterocycles. The van der Waals surface area contributed by atoms with Gasteiger partial charge in [-0.2, -0.15) is 0 Å². The Hall–Kier alpha value is -0.520. The van der Waals surface area contributed by atoms with Crippen molar-refractivity contribution >= 4 is 15.9 Å². The van der Waals surface area contributed by atoms with Gasteiger partial charge in [0.1, 0.15) is 5.82 Å². The van der Waals surface area contributed by atoms with E-state index in [0.717, 1.165) is 4.47 Å². The average Bonchev–Trinajstić information content (AvgIpc) is 2.03. The zero-order chi connectivity index (χ0) is 9.47. The molecule has 1 heterocycles. The molecular weight excluding hydrogens is 234 g/mol. The molecule has 0 atom stereocenters. The zero-order valence-electron chi connectivity index (χ0n) is 6.94. The molecule has 2 rings (SSSR count). The summed E-state index contributed by atoms with van der Waals surface area (Å²) in [6, 6.07) is 0. The minimum atomic E-state index is -0.514. The van der Waals surface area contributed by atoms with Gasteiger partial charge >= 0.3 is 0 Å². The van der Waals surface area contributed by atoms with E-state index in [1.807, 2.05) is 0 Å². The minimum absolute atomic E-state index is 0.294. The monoisotopic (exact) mass is 243 g/mol. The lowest BCUT2D eigenvalue weighted by molar-refractivity contribution is 0.0165. The molecule has 1 aliphatic carbocycles. The topological polar surface area (TPSA) is 72.0 Å². The van der Waals surface area contributed by atoms with Gasteiger partial charge < -0.3 is 10.8 Å². The summed E-state index contributed by atoms with van der Waals surface area (Å²) in [6.45, 7) is 0. The number of rotatable bonds is 1. The summed E-state index contributed by atoms with van der Waals surface area (Å²) < 4.78 is 0.833. The fourth-order valence-electron chi connectivity index (χ4n) is 1.53. The average molecular weight is 244 g/mol. The molecule has 1 saturated carbocycles. The molecule has 70 valence electrons. The number of nitrogens with two attached hydrogens (primary N) is 1. The zero-order valence-corrected chi connectivity index (χ0v) is 8.53. The number of hydrogen-bond acceptors (Lipinski definition) is 4. The van der Waals surface area contributed by atoms with Crippen molar-refractivity contribution in [2.75, 3.05) is 0 Å². The quantitative estimate of drug-likeness (QED) is 0.756. The predicted octanol–water partition coefficient (Wildman–Crippen LogP) is 0.548. The first-order chi connectivity index (χ1) is 6.10. The molecule has 0 spiro atoms. The number of aromatic nitrogens is 2. The minimum Gasteiger partial charge on any atom is -0.393 e. The van der Waals surface area contributed by atoms with Crippen LogP contribution in [0.3, 0.4) is 0 Å². The molecule has 0 unspecified atom stereocenters. The maximum Gasteiger partial charge on any atom is 0.148 e. The molecule has 0 radical (unpaired) electrons. The van der Waals surface area contributed by atoms with Crippen LogP contribution in [0.5, 0.6) is 0 Å². The van der Waals surface area contributed by atoms with E-state index in [-0.39, 0.29) is 6.10 Å². The molecule has 3 N–H and O–H groups in total. The molecular formula is C8H10BrN3O. The summed E-state index contributed by atoms with van der Waals surface area (Å²) >= 11 is 3.25. The lowest BCUT2D eigenvalue weighted by Crippen LogP contribution is -2.52. The van der Waals surface area contributed by atoms with E-state index in [1.54, 1.807) is 12.4 Å². The molecule has 0 bridgehead atoms. The molecule has 1 fully saturated rings. The molecule has 4 nitrogen and oxygen atoms in total. The number of aliphatic hydroxyl groups is 1. The van der Waals surface area contributed by atoms with E-state index in [0.29, 0.717) is 18.7 Å². The summed E-state index contributed by atoms with van der Waals surface area (Å²) in [7, 11) is 0. The Labute approximate surface area is 84.3 Å². The Morgan fingerprint density at radius 2 is 2.00 bits per heavy atom. The van der Waals surface area contributed by atoms with Crippen molar-refractivity contribution in [3.8, 4) is 0 Å². The second-order valence-corrected chi connectivity index (χ2v) is 4.36. The molecule has 5 heteroatoms. The molecule has 13 heavy (non-hydrogen) atoms. The van der Waals surface area contributed by atoms with Crippen molar-refractivity contribution in [2.24, 2.45) is 5.73 Å². The Morgan fingerprint density at radius 3 is 2.46 bits per heavy atom. The first kappa shape index (κ1) is 9.05. The fourth-order valence-corrected chi connectivity index (χ4v) is 1.74. The van der Waals surface area contributed by atoms with E-state index >= 15 is 0 Å². The summed E-state index contributed by atoms with van der Waals surface area (Å²) in [6.07, 6.45) is 4.14. The highest BCUT2D eigenvalue weighted by molar-refractivity contribution is 9.10. The van der Waals surface area contributed by atoms with E-state index in [9.17, 15) is 0 Å². The van der Waals surface area contributed by atoms with Gasteiger partial charge in [-0.15, -0.1) is 0 Å². The van der Waals surface area contributed by atoms with Crippen LogP contribution in [0.4, 0.5) is 0 Å². The SMILES string of the molecule is NC1(c2ncc(Br)cn2)CC(O)C1. The number of hydrogen-bond donors (Lipinski definition) is 2. The van der Waals surface area contributed by atoms with Gasteiger partial charge in [0.15, 0.2) is 0 Å². The van der Waals surface area contributed by atoms with Gasteiger partial charge in [0, 0.05) is 12.4 Å². The second-order valence-electron chi connectivity index (χ2n) is 3.44. The molecule has 1 aromatic rings. The number of halogens is 1. The highest BCUT2D eigenvalue weighted by Gasteiger charge is 2.43. The Kier molecular flexibility index (Phi) is 2.09. The van der Waals surface area contributed by atoms with Crippen LogP contribution in [-0.2, 0) is 5.54 Å². The standard InChI is InChI=1S/C8H10BrN3O/c9-5-3-11-7(12-4-5)8(10)1-6(13)2-8/h3-4,6,13H,1-2,10H2. The maximum absolute atomic E-state index is 9.15. The van der Waals surface area contributed by atoms with Crippen LogP contribution in [0.15, 0.2) is 16.9 Å². The van der Waals surface area contributed by atoms with E-state index < -0.39 is 5.54 Å². The summed E-state index contributed by atoms with van der Waals surface area (Å²) in [5, 5.41) is 9.15. The van der Waals surface area contributed by atoms with Gasteiger partial charge in [-0.05, 0) is 28.8 Å². The first-order valence-electron chi connectivity index (χ1n) is 4.05. The molecule has 1 aromatic heterocycles. The maximum atomic E-state index is 9.15. The van der Waals surface area contributed by atoms with Crippen molar-refractivity contribution in [3.05, 3.63) is 22.7 Å². The predicted molar refractivity (Wildman–Crippen MR) is 50.8 cm³/mol. The van der Waals surface area contributed by atoms with Crippen molar-refractivity contribution in [3.63, 3.8) is 0 Å². The highest BCUT2D eigenvalue weighted by Crippen LogP contribution is 2.36. The third-order valence-corrected chi connectivity index (χ3v) is 2.67. The van der Waals surface area contributed by atoms with Crippen LogP contribution >= 0.6 is 15.9 Å². The summed E-state index contributed by atoms with van der Waals surface area (Å²) in [4.78, 5) is 8.22. The first-order valence-corrected chi connectivity index (χ1v) is 4.84. The van der Waals surface area contributed by atoms with Gasteiger partial charge in [-0.1, -0.05) is 0 Å². The Bertz CT molecular complexity index is 308. The normalized spacial score (nSPS) is 32.7. The van der Waals surface area contributed by atoms with Crippen molar-refractivity contribution < 1.29 is 5.11 Å². The third-order valence-electron chi connectivity index (χ3n) is 2.27. The van der Waals surface area contributed by atoms with Crippen molar-refractivity contribution in [2.45, 2.75) is 24.5 Å². The molecule has 0 amide bonds. The Morgan fingerprint density at radius 1 is 1.46 bits per heavy atom. The number of aliphatic hydroxyl groups excluding tert-OH is 1. The lowest BCUT2D eigenvalue weighted by atomic mass is 9.74. The fraction of sp³-hybridized carbons (Fsp3) is 0.500. The van der Waals surface area contributed by atoms with Crippen LogP contribution in [-0.4, -0.2) is 21.2 Å². The van der Waals surface area contributed by atoms with Crippen molar-refractivity contribution in [1.29, 1.82) is 0 Å². The van der Waals surface area contributed by atoms with E-state index in [2.05, 4.69) is 25.9 Å². The summed E-state index contributed by atoms with van der Waals surface area (Å²) in [5.41, 5.74) is 5.45. The van der Waals surface area contributed by atoms with Crippen molar-refractivity contribution in [1.82, 2.24) is 9.97 Å². The van der Waals surface area contributed by atoms with E-state index in [4.69, 9.17) is 10.8 Å². The van der Waals surface area contributed by atoms with Crippen LogP contribution in [0, 0.1) is 0 Å². The molecule has 1 aliphatic rings. The van der Waals surface area contributed by atoms with Crippen LogP contribution in [0.1, 0.15) is 18.7 Å². The van der Waals surface area contributed by atoms with Gasteiger partial charge in [0.2, 0.25) is 0 Å². The highest BCUT2D eigenvalue weighted by atomic mass is 79.9. The second kappa shape index (κ2) is 3.01. The lowest BCUT2D eigenvalue weighted by Gasteiger charge is -2.40. The van der Waals surface area contributed by atoms with Crippen LogP contribution in [0.25, 0.3) is 0 Å². The van der Waals surface area contributed by atoms with Crippen LogP contribution < -0.4 is 5.73 Å². The molecule has 0 aliphatic heterocycles. The van der Waals surface area contributed by atoms with Gasteiger partial charge in [0.25, 0.3) is 0 Å². The van der Waals surface area contributed by atoms with Gasteiger partial charge in [-0.3, -0.25) is 0 Å². The smallest absolute Gasteiger partial charge is 0.148 e. The van der Waals surface area contributed by atoms with Crippen LogP contribution in [0.2, 0.25) is 0 Å². The molecule has 0 aromatic carbocycles. The van der Waals surface area contributed by atoms with Gasteiger partial charge in [-0.25, -0.2) is 9.97 Å². The summed E-state index contributed by atoms with van der Waals surface area (Å²) in [5.74, 6) is 0.612. The largest absolute Gasteiger partial charge is 0.393 e.